The summed E-state index contributed by atoms with van der Waals surface area (Å²) in [4.78, 5) is 16.2. The molecule has 18 heavy (non-hydrogen) atoms. The molecule has 100 valence electrons. The van der Waals surface area contributed by atoms with E-state index >= 15 is 0 Å². The Morgan fingerprint density at radius 1 is 1.61 bits per heavy atom. The van der Waals surface area contributed by atoms with E-state index < -0.39 is 0 Å². The Balaban J connectivity index is 1.91. The molecule has 0 radical (unpaired) electrons. The summed E-state index contributed by atoms with van der Waals surface area (Å²) in [6, 6.07) is -0.153. The Morgan fingerprint density at radius 2 is 2.39 bits per heavy atom. The van der Waals surface area contributed by atoms with Crippen LogP contribution in [0, 0.1) is 12.3 Å². The summed E-state index contributed by atoms with van der Waals surface area (Å²) in [5.41, 5.74) is -0.0183. The van der Waals surface area contributed by atoms with Gasteiger partial charge in [0, 0.05) is 6.92 Å². The smallest absolute Gasteiger partial charge is 0.238 e. The van der Waals surface area contributed by atoms with E-state index in [-0.39, 0.29) is 17.4 Å². The van der Waals surface area contributed by atoms with Gasteiger partial charge in [-0.2, -0.15) is 4.98 Å². The van der Waals surface area contributed by atoms with Crippen LogP contribution in [-0.2, 0) is 11.3 Å². The van der Waals surface area contributed by atoms with Gasteiger partial charge in [0.2, 0.25) is 11.8 Å². The second kappa shape index (κ2) is 5.06. The van der Waals surface area contributed by atoms with Crippen LogP contribution in [0.25, 0.3) is 0 Å². The van der Waals surface area contributed by atoms with Crippen LogP contribution < -0.4 is 10.6 Å². The van der Waals surface area contributed by atoms with Crippen molar-refractivity contribution in [1.82, 2.24) is 20.8 Å². The first-order chi connectivity index (χ1) is 8.49. The molecule has 1 fully saturated rings. The van der Waals surface area contributed by atoms with Crippen molar-refractivity contribution in [1.29, 1.82) is 0 Å². The number of rotatable bonds is 3. The Morgan fingerprint density at radius 3 is 3.00 bits per heavy atom. The molecule has 0 saturated carbocycles. The zero-order valence-electron chi connectivity index (χ0n) is 11.1. The lowest BCUT2D eigenvalue weighted by molar-refractivity contribution is -0.127. The molecule has 1 aromatic heterocycles. The molecule has 2 heterocycles. The largest absolute Gasteiger partial charge is 0.347 e. The van der Waals surface area contributed by atoms with E-state index in [1.807, 2.05) is 0 Å². The van der Waals surface area contributed by atoms with Crippen molar-refractivity contribution in [2.24, 2.45) is 5.41 Å². The van der Waals surface area contributed by atoms with Gasteiger partial charge in [-0.15, -0.1) is 0 Å². The van der Waals surface area contributed by atoms with Crippen LogP contribution in [-0.4, -0.2) is 28.6 Å². The fourth-order valence-electron chi connectivity index (χ4n) is 2.34. The minimum Gasteiger partial charge on any atom is -0.347 e. The third kappa shape index (κ3) is 2.87. The van der Waals surface area contributed by atoms with Crippen molar-refractivity contribution in [3.05, 3.63) is 11.7 Å². The summed E-state index contributed by atoms with van der Waals surface area (Å²) in [5, 5.41) is 9.87. The van der Waals surface area contributed by atoms with Gasteiger partial charge in [0.15, 0.2) is 5.82 Å². The zero-order valence-corrected chi connectivity index (χ0v) is 11.1. The molecule has 6 nitrogen and oxygen atoms in total. The highest BCUT2D eigenvalue weighted by atomic mass is 16.5. The Bertz CT molecular complexity index is 427. The summed E-state index contributed by atoms with van der Waals surface area (Å²) in [7, 11) is 0. The quantitative estimate of drug-likeness (QED) is 0.830. The molecule has 1 saturated heterocycles. The molecule has 1 atom stereocenters. The van der Waals surface area contributed by atoms with Crippen LogP contribution in [0.1, 0.15) is 38.4 Å². The monoisotopic (exact) mass is 252 g/mol. The zero-order chi connectivity index (χ0) is 13.2. The molecule has 2 N–H and O–H groups in total. The third-order valence-corrected chi connectivity index (χ3v) is 3.38. The molecule has 0 bridgehead atoms. The highest BCUT2D eigenvalue weighted by Crippen LogP contribution is 2.30. The minimum atomic E-state index is -0.153. The minimum absolute atomic E-state index is 0.00199. The number of piperidine rings is 1. The molecule has 2 rings (SSSR count). The van der Waals surface area contributed by atoms with Gasteiger partial charge in [-0.1, -0.05) is 19.0 Å². The van der Waals surface area contributed by atoms with Crippen LogP contribution in [0.4, 0.5) is 0 Å². The first-order valence-corrected chi connectivity index (χ1v) is 6.29. The summed E-state index contributed by atoms with van der Waals surface area (Å²) < 4.78 is 4.86. The third-order valence-electron chi connectivity index (χ3n) is 3.38. The number of aryl methyl sites for hydroxylation is 1. The topological polar surface area (TPSA) is 80.0 Å². The average Bonchev–Trinajstić information content (AvgIpc) is 2.71. The summed E-state index contributed by atoms with van der Waals surface area (Å²) in [6.07, 6.45) is 2.17. The lowest BCUT2D eigenvalue weighted by Crippen LogP contribution is -2.55. The maximum Gasteiger partial charge on any atom is 0.238 e. The summed E-state index contributed by atoms with van der Waals surface area (Å²) in [5.74, 6) is 1.02. The van der Waals surface area contributed by atoms with Gasteiger partial charge in [-0.3, -0.25) is 4.79 Å². The van der Waals surface area contributed by atoms with Gasteiger partial charge < -0.3 is 15.2 Å². The maximum atomic E-state index is 12.1. The fourth-order valence-corrected chi connectivity index (χ4v) is 2.34. The van der Waals surface area contributed by atoms with Gasteiger partial charge in [0.25, 0.3) is 0 Å². The van der Waals surface area contributed by atoms with Gasteiger partial charge >= 0.3 is 0 Å². The van der Waals surface area contributed by atoms with Crippen LogP contribution in [0.2, 0.25) is 0 Å². The molecule has 0 spiro atoms. The SMILES string of the molecule is Cc1nc(CNC(=O)C2NCCCC2(C)C)no1. The molecule has 1 unspecified atom stereocenters. The average molecular weight is 252 g/mol. The number of aromatic nitrogens is 2. The Hall–Kier alpha value is -1.43. The van der Waals surface area contributed by atoms with Crippen LogP contribution in [0.5, 0.6) is 0 Å². The normalized spacial score (nSPS) is 22.7. The second-order valence-corrected chi connectivity index (χ2v) is 5.43. The predicted molar refractivity (Wildman–Crippen MR) is 65.7 cm³/mol. The van der Waals surface area contributed by atoms with Crippen molar-refractivity contribution in [2.75, 3.05) is 6.54 Å². The van der Waals surface area contributed by atoms with Gasteiger partial charge in [0.05, 0.1) is 12.6 Å². The van der Waals surface area contributed by atoms with Gasteiger partial charge in [-0.05, 0) is 24.8 Å². The van der Waals surface area contributed by atoms with Crippen molar-refractivity contribution in [2.45, 2.75) is 46.2 Å². The maximum absolute atomic E-state index is 12.1. The van der Waals surface area contributed by atoms with Crippen molar-refractivity contribution in [3.8, 4) is 0 Å². The number of nitrogens with one attached hydrogen (secondary N) is 2. The molecule has 6 heteroatoms. The molecular formula is C12H20N4O2. The van der Waals surface area contributed by atoms with Crippen molar-refractivity contribution in [3.63, 3.8) is 0 Å². The molecule has 0 aromatic carbocycles. The Labute approximate surface area is 107 Å². The van der Waals surface area contributed by atoms with E-state index in [4.69, 9.17) is 4.52 Å². The van der Waals surface area contributed by atoms with Crippen LogP contribution in [0.15, 0.2) is 4.52 Å². The molecule has 0 aliphatic carbocycles. The van der Waals surface area contributed by atoms with E-state index in [0.717, 1.165) is 19.4 Å². The number of nitrogens with zero attached hydrogens (tertiary/aromatic N) is 2. The predicted octanol–water partition coefficient (Wildman–Crippen LogP) is 0.772. The van der Waals surface area contributed by atoms with E-state index in [0.29, 0.717) is 18.3 Å². The first kappa shape index (κ1) is 13.0. The van der Waals surface area contributed by atoms with E-state index in [1.165, 1.54) is 0 Å². The van der Waals surface area contributed by atoms with E-state index in [2.05, 4.69) is 34.6 Å². The van der Waals surface area contributed by atoms with E-state index in [9.17, 15) is 4.79 Å². The van der Waals surface area contributed by atoms with E-state index in [1.54, 1.807) is 6.92 Å². The summed E-state index contributed by atoms with van der Waals surface area (Å²) in [6.45, 7) is 7.15. The number of carbonyl (C=O) groups excluding carboxylic acids is 1. The lowest BCUT2D eigenvalue weighted by Gasteiger charge is -2.38. The Kier molecular flexibility index (Phi) is 3.65. The lowest BCUT2D eigenvalue weighted by atomic mass is 9.77. The highest BCUT2D eigenvalue weighted by Gasteiger charge is 2.36. The number of hydrogen-bond acceptors (Lipinski definition) is 5. The molecule has 1 aromatic rings. The molecule has 1 aliphatic heterocycles. The van der Waals surface area contributed by atoms with Gasteiger partial charge in [0.1, 0.15) is 0 Å². The van der Waals surface area contributed by atoms with Crippen molar-refractivity contribution >= 4 is 5.91 Å². The molecule has 1 amide bonds. The van der Waals surface area contributed by atoms with Crippen molar-refractivity contribution < 1.29 is 9.32 Å². The number of amides is 1. The van der Waals surface area contributed by atoms with Crippen LogP contribution in [0.3, 0.4) is 0 Å². The molecule has 1 aliphatic rings. The first-order valence-electron chi connectivity index (χ1n) is 6.29. The second-order valence-electron chi connectivity index (χ2n) is 5.43. The molecular weight excluding hydrogens is 232 g/mol. The van der Waals surface area contributed by atoms with Gasteiger partial charge in [-0.25, -0.2) is 0 Å². The van der Waals surface area contributed by atoms with Crippen LogP contribution >= 0.6 is 0 Å². The summed E-state index contributed by atoms with van der Waals surface area (Å²) >= 11 is 0. The fraction of sp³-hybridized carbons (Fsp3) is 0.750. The standard InChI is InChI=1S/C12H20N4O2/c1-8-15-9(16-18-8)7-14-11(17)10-12(2,3)5-4-6-13-10/h10,13H,4-7H2,1-3H3,(H,14,17). The number of carbonyl (C=O) groups is 1. The number of hydrogen-bond donors (Lipinski definition) is 2. The highest BCUT2D eigenvalue weighted by molar-refractivity contribution is 5.82.